The highest BCUT2D eigenvalue weighted by Gasteiger charge is 2.65. The highest BCUT2D eigenvalue weighted by Crippen LogP contribution is 2.47. The van der Waals surface area contributed by atoms with E-state index in [1.54, 1.807) is 13.8 Å². The smallest absolute Gasteiger partial charge is 0.224 e. The summed E-state index contributed by atoms with van der Waals surface area (Å²) in [7, 11) is 0. The Morgan fingerprint density at radius 1 is 1.06 bits per heavy atom. The maximum absolute atomic E-state index is 9.61. The Morgan fingerprint density at radius 3 is 2.44 bits per heavy atom. The third-order valence-electron chi connectivity index (χ3n) is 3.50. The molecule has 18 heavy (non-hydrogen) atoms. The van der Waals surface area contributed by atoms with Crippen LogP contribution in [0.1, 0.15) is 27.7 Å². The van der Waals surface area contributed by atoms with Crippen molar-refractivity contribution in [1.82, 2.24) is 0 Å². The average Bonchev–Trinajstić information content (AvgIpc) is 2.70. The van der Waals surface area contributed by atoms with E-state index in [-0.39, 0.29) is 18.8 Å². The fourth-order valence-corrected chi connectivity index (χ4v) is 2.96. The van der Waals surface area contributed by atoms with Crippen molar-refractivity contribution in [3.63, 3.8) is 0 Å². The number of hydrogen-bond donors (Lipinski definition) is 1. The van der Waals surface area contributed by atoms with E-state index in [0.717, 1.165) is 0 Å². The van der Waals surface area contributed by atoms with E-state index in [2.05, 4.69) is 0 Å². The molecule has 104 valence electrons. The molecule has 4 atom stereocenters. The first-order chi connectivity index (χ1) is 8.27. The molecule has 1 unspecified atom stereocenters. The van der Waals surface area contributed by atoms with E-state index in [9.17, 15) is 5.11 Å². The summed E-state index contributed by atoms with van der Waals surface area (Å²) < 4.78 is 28.9. The first-order valence-electron chi connectivity index (χ1n) is 6.25. The van der Waals surface area contributed by atoms with Crippen LogP contribution in [0.15, 0.2) is 0 Å². The monoisotopic (exact) mass is 260 g/mol. The van der Waals surface area contributed by atoms with Gasteiger partial charge in [0.2, 0.25) is 5.79 Å². The molecule has 3 aliphatic rings. The van der Waals surface area contributed by atoms with Crippen LogP contribution >= 0.6 is 0 Å². The van der Waals surface area contributed by atoms with Gasteiger partial charge in [-0.1, -0.05) is 0 Å². The van der Waals surface area contributed by atoms with Gasteiger partial charge in [0, 0.05) is 0 Å². The SMILES string of the molecule is CC1(C)O[C@@H]2CO[C@@]3(CO)OC(C)(C)OC3[C@@H]2O1. The van der Waals surface area contributed by atoms with Gasteiger partial charge in [-0.25, -0.2) is 0 Å². The van der Waals surface area contributed by atoms with Gasteiger partial charge in [-0.3, -0.25) is 0 Å². The summed E-state index contributed by atoms with van der Waals surface area (Å²) in [5.41, 5.74) is 0. The maximum atomic E-state index is 9.61. The zero-order valence-corrected chi connectivity index (χ0v) is 11.1. The summed E-state index contributed by atoms with van der Waals surface area (Å²) >= 11 is 0. The lowest BCUT2D eigenvalue weighted by Crippen LogP contribution is -2.60. The average molecular weight is 260 g/mol. The lowest BCUT2D eigenvalue weighted by atomic mass is 9.98. The van der Waals surface area contributed by atoms with Crippen molar-refractivity contribution >= 4 is 0 Å². The molecule has 3 rings (SSSR count). The van der Waals surface area contributed by atoms with Gasteiger partial charge in [-0.2, -0.15) is 0 Å². The van der Waals surface area contributed by atoms with Crippen LogP contribution in [-0.4, -0.2) is 54.0 Å². The molecule has 0 aliphatic carbocycles. The van der Waals surface area contributed by atoms with Crippen molar-refractivity contribution in [3.05, 3.63) is 0 Å². The molecule has 6 nitrogen and oxygen atoms in total. The predicted molar refractivity (Wildman–Crippen MR) is 59.6 cm³/mol. The van der Waals surface area contributed by atoms with Crippen LogP contribution in [0.5, 0.6) is 0 Å². The molecule has 6 heteroatoms. The first-order valence-corrected chi connectivity index (χ1v) is 6.25. The molecule has 3 saturated heterocycles. The Bertz CT molecular complexity index is 354. The minimum absolute atomic E-state index is 0.192. The Labute approximate surface area is 106 Å². The molecule has 0 radical (unpaired) electrons. The fraction of sp³-hybridized carbons (Fsp3) is 1.00. The Hall–Kier alpha value is -0.240. The third-order valence-corrected chi connectivity index (χ3v) is 3.50. The van der Waals surface area contributed by atoms with Gasteiger partial charge >= 0.3 is 0 Å². The molecule has 3 fully saturated rings. The molecular formula is C12H20O6. The third kappa shape index (κ3) is 1.79. The van der Waals surface area contributed by atoms with Crippen LogP contribution in [0.3, 0.4) is 0 Å². The molecule has 0 amide bonds. The normalized spacial score (nSPS) is 48.8. The fourth-order valence-electron chi connectivity index (χ4n) is 2.96. The van der Waals surface area contributed by atoms with Crippen LogP contribution in [0, 0.1) is 0 Å². The highest BCUT2D eigenvalue weighted by atomic mass is 16.9. The minimum atomic E-state index is -1.14. The van der Waals surface area contributed by atoms with Crippen molar-refractivity contribution in [2.45, 2.75) is 63.4 Å². The second kappa shape index (κ2) is 3.65. The molecule has 3 heterocycles. The van der Waals surface area contributed by atoms with Crippen molar-refractivity contribution in [3.8, 4) is 0 Å². The number of aliphatic hydroxyl groups excluding tert-OH is 1. The second-order valence-electron chi connectivity index (χ2n) is 5.96. The van der Waals surface area contributed by atoms with Crippen LogP contribution in [0.4, 0.5) is 0 Å². The maximum Gasteiger partial charge on any atom is 0.224 e. The van der Waals surface area contributed by atoms with Crippen LogP contribution in [0.25, 0.3) is 0 Å². The highest BCUT2D eigenvalue weighted by molar-refractivity contribution is 5.03. The van der Waals surface area contributed by atoms with Gasteiger partial charge < -0.3 is 28.8 Å². The number of fused-ring (bicyclic) bond motifs is 3. The van der Waals surface area contributed by atoms with Crippen LogP contribution in [-0.2, 0) is 23.7 Å². The molecule has 1 N–H and O–H groups in total. The number of hydrogen-bond acceptors (Lipinski definition) is 6. The van der Waals surface area contributed by atoms with Gasteiger partial charge in [0.1, 0.15) is 24.9 Å². The summed E-state index contributed by atoms with van der Waals surface area (Å²) in [5.74, 6) is -2.62. The van der Waals surface area contributed by atoms with Gasteiger partial charge in [0.15, 0.2) is 11.6 Å². The van der Waals surface area contributed by atoms with Gasteiger partial charge in [0.25, 0.3) is 0 Å². The van der Waals surface area contributed by atoms with Crippen molar-refractivity contribution in [1.29, 1.82) is 0 Å². The summed E-state index contributed by atoms with van der Waals surface area (Å²) in [5, 5.41) is 9.61. The molecule has 3 aliphatic heterocycles. The van der Waals surface area contributed by atoms with Crippen molar-refractivity contribution in [2.24, 2.45) is 0 Å². The first kappa shape index (κ1) is 12.8. The van der Waals surface area contributed by atoms with Crippen LogP contribution in [0.2, 0.25) is 0 Å². The summed E-state index contributed by atoms with van der Waals surface area (Å²) in [4.78, 5) is 0. The van der Waals surface area contributed by atoms with E-state index < -0.39 is 23.5 Å². The number of ether oxygens (including phenoxy) is 5. The summed E-state index contributed by atoms with van der Waals surface area (Å²) in [6.07, 6.45) is -0.970. The largest absolute Gasteiger partial charge is 0.391 e. The Kier molecular flexibility index (Phi) is 2.59. The van der Waals surface area contributed by atoms with E-state index in [4.69, 9.17) is 23.7 Å². The molecule has 0 aromatic heterocycles. The van der Waals surface area contributed by atoms with Gasteiger partial charge in [-0.05, 0) is 27.7 Å². The molecule has 0 spiro atoms. The van der Waals surface area contributed by atoms with Crippen molar-refractivity contribution in [2.75, 3.05) is 13.2 Å². The Morgan fingerprint density at radius 2 is 1.78 bits per heavy atom. The van der Waals surface area contributed by atoms with E-state index in [1.807, 2.05) is 13.8 Å². The van der Waals surface area contributed by atoms with E-state index in [1.165, 1.54) is 0 Å². The zero-order valence-electron chi connectivity index (χ0n) is 11.1. The Balaban J connectivity index is 1.90. The number of rotatable bonds is 1. The molecule has 0 bridgehead atoms. The second-order valence-corrected chi connectivity index (χ2v) is 5.96. The number of aliphatic hydroxyl groups is 1. The van der Waals surface area contributed by atoms with Crippen LogP contribution < -0.4 is 0 Å². The predicted octanol–water partition coefficient (Wildman–Crippen LogP) is 0.377. The lowest BCUT2D eigenvalue weighted by Gasteiger charge is -2.39. The zero-order chi connectivity index (χ0) is 13.2. The molecule has 0 aromatic rings. The quantitative estimate of drug-likeness (QED) is 0.735. The summed E-state index contributed by atoms with van der Waals surface area (Å²) in [6, 6.07) is 0. The lowest BCUT2D eigenvalue weighted by molar-refractivity contribution is -0.294. The van der Waals surface area contributed by atoms with Crippen molar-refractivity contribution < 1.29 is 28.8 Å². The summed E-state index contributed by atoms with van der Waals surface area (Å²) in [6.45, 7) is 7.35. The van der Waals surface area contributed by atoms with Gasteiger partial charge in [0.05, 0.1) is 6.61 Å². The van der Waals surface area contributed by atoms with E-state index >= 15 is 0 Å². The minimum Gasteiger partial charge on any atom is -0.391 e. The molecule has 0 saturated carbocycles. The molecule has 0 aromatic carbocycles. The van der Waals surface area contributed by atoms with Gasteiger partial charge in [-0.15, -0.1) is 0 Å². The van der Waals surface area contributed by atoms with E-state index in [0.29, 0.717) is 6.61 Å². The standard InChI is InChI=1S/C12H20O6/c1-10(2)15-7-5-14-12(6-13)9(8(7)16-10)17-11(3,4)18-12/h7-9,13H,5-6H2,1-4H3/t7-,8-,9?,12+/m1/s1. The molecular weight excluding hydrogens is 240 g/mol. The topological polar surface area (TPSA) is 66.4 Å².